The van der Waals surface area contributed by atoms with Crippen molar-refractivity contribution in [2.24, 2.45) is 5.92 Å². The number of nitro benzene ring substituents is 1. The molecule has 0 saturated carbocycles. The van der Waals surface area contributed by atoms with Crippen molar-refractivity contribution in [3.8, 4) is 11.5 Å². The Labute approximate surface area is 165 Å². The molecule has 1 heterocycles. The van der Waals surface area contributed by atoms with Gasteiger partial charge in [-0.15, -0.1) is 0 Å². The van der Waals surface area contributed by atoms with E-state index in [-0.39, 0.29) is 48.7 Å². The van der Waals surface area contributed by atoms with Gasteiger partial charge in [0.15, 0.2) is 18.2 Å². The van der Waals surface area contributed by atoms with Crippen LogP contribution in [0.3, 0.4) is 0 Å². The fraction of sp³-hybridized carbons (Fsp3) is 0.263. The lowest BCUT2D eigenvalue weighted by atomic mass is 9.99. The average molecular weight is 403 g/mol. The summed E-state index contributed by atoms with van der Waals surface area (Å²) in [6.07, 6.45) is 0. The molecule has 0 unspecified atom stereocenters. The molecule has 0 bridgehead atoms. The van der Waals surface area contributed by atoms with Crippen LogP contribution in [0.5, 0.6) is 11.5 Å². The summed E-state index contributed by atoms with van der Waals surface area (Å²) in [5.41, 5.74) is 0.144. The number of nitro groups is 1. The molecule has 2 amide bonds. The van der Waals surface area contributed by atoms with E-state index in [9.17, 15) is 24.1 Å². The first-order chi connectivity index (χ1) is 13.9. The first kappa shape index (κ1) is 20.1. The number of anilines is 1. The fourth-order valence-electron chi connectivity index (χ4n) is 2.77. The highest BCUT2D eigenvalue weighted by atomic mass is 19.1. The van der Waals surface area contributed by atoms with Crippen molar-refractivity contribution in [3.05, 3.63) is 58.4 Å². The number of hydrogen-bond acceptors (Lipinski definition) is 6. The highest BCUT2D eigenvalue weighted by Gasteiger charge is 2.36. The van der Waals surface area contributed by atoms with Gasteiger partial charge in [0.1, 0.15) is 5.75 Å². The Kier molecular flexibility index (Phi) is 5.91. The van der Waals surface area contributed by atoms with Gasteiger partial charge in [-0.05, 0) is 18.2 Å². The van der Waals surface area contributed by atoms with Gasteiger partial charge in [0.25, 0.3) is 11.6 Å². The second-order valence-corrected chi connectivity index (χ2v) is 6.35. The summed E-state index contributed by atoms with van der Waals surface area (Å²) < 4.78 is 23.7. The van der Waals surface area contributed by atoms with Crippen LogP contribution < -0.4 is 14.8 Å². The summed E-state index contributed by atoms with van der Waals surface area (Å²) in [6, 6.07) is 9.63. The molecule has 29 heavy (non-hydrogen) atoms. The van der Waals surface area contributed by atoms with Crippen molar-refractivity contribution in [2.75, 3.05) is 32.1 Å². The summed E-state index contributed by atoms with van der Waals surface area (Å²) in [4.78, 5) is 36.1. The molecule has 9 nitrogen and oxygen atoms in total. The van der Waals surface area contributed by atoms with Crippen LogP contribution in [-0.4, -0.2) is 48.4 Å². The first-order valence-electron chi connectivity index (χ1n) is 8.67. The van der Waals surface area contributed by atoms with E-state index in [4.69, 9.17) is 9.47 Å². The normalized spacial score (nSPS) is 13.4. The zero-order valence-corrected chi connectivity index (χ0v) is 15.5. The third kappa shape index (κ3) is 4.60. The van der Waals surface area contributed by atoms with E-state index < -0.39 is 16.7 Å². The molecule has 0 aromatic heterocycles. The molecule has 2 aromatic rings. The molecule has 3 rings (SSSR count). The predicted octanol–water partition coefficient (Wildman–Crippen LogP) is 2.22. The van der Waals surface area contributed by atoms with E-state index in [0.717, 1.165) is 0 Å². The lowest BCUT2D eigenvalue weighted by Gasteiger charge is -2.38. The van der Waals surface area contributed by atoms with Crippen LogP contribution in [-0.2, 0) is 9.59 Å². The summed E-state index contributed by atoms with van der Waals surface area (Å²) in [6.45, 7) is 0.0621. The van der Waals surface area contributed by atoms with Crippen molar-refractivity contribution in [2.45, 2.75) is 0 Å². The standard InChI is InChI=1S/C19H18FN3O6/c1-28-17-8-13(23(26)27)6-7-15(17)21-19(25)12-9-22(10-12)18(24)11-29-16-5-3-2-4-14(16)20/h2-8,12H,9-11H2,1H3,(H,21,25). The largest absolute Gasteiger partial charge is 0.494 e. The van der Waals surface area contributed by atoms with Crippen LogP contribution in [0, 0.1) is 21.8 Å². The van der Waals surface area contributed by atoms with Crippen molar-refractivity contribution in [1.29, 1.82) is 0 Å². The number of carbonyl (C=O) groups is 2. The number of methoxy groups -OCH3 is 1. The molecule has 1 aliphatic rings. The number of benzene rings is 2. The number of hydrogen-bond donors (Lipinski definition) is 1. The molecule has 1 N–H and O–H groups in total. The minimum Gasteiger partial charge on any atom is -0.494 e. The summed E-state index contributed by atoms with van der Waals surface area (Å²) in [5, 5.41) is 13.5. The van der Waals surface area contributed by atoms with Gasteiger partial charge in [-0.1, -0.05) is 12.1 Å². The highest BCUT2D eigenvalue weighted by molar-refractivity contribution is 5.96. The van der Waals surface area contributed by atoms with Crippen LogP contribution in [0.4, 0.5) is 15.8 Å². The monoisotopic (exact) mass is 403 g/mol. The maximum atomic E-state index is 13.5. The zero-order valence-electron chi connectivity index (χ0n) is 15.5. The van der Waals surface area contributed by atoms with Crippen molar-refractivity contribution >= 4 is 23.2 Å². The van der Waals surface area contributed by atoms with E-state index in [2.05, 4.69) is 5.32 Å². The van der Waals surface area contributed by atoms with Crippen LogP contribution in [0.2, 0.25) is 0 Å². The number of non-ortho nitro benzene ring substituents is 1. The second-order valence-electron chi connectivity index (χ2n) is 6.35. The number of halogens is 1. The van der Waals surface area contributed by atoms with Gasteiger partial charge < -0.3 is 19.7 Å². The quantitative estimate of drug-likeness (QED) is 0.561. The summed E-state index contributed by atoms with van der Waals surface area (Å²) >= 11 is 0. The molecule has 10 heteroatoms. The third-order valence-electron chi connectivity index (χ3n) is 4.45. The number of ether oxygens (including phenoxy) is 2. The molecule has 0 spiro atoms. The number of carbonyl (C=O) groups excluding carboxylic acids is 2. The SMILES string of the molecule is COc1cc([N+](=O)[O-])ccc1NC(=O)C1CN(C(=O)COc2ccccc2F)C1. The van der Waals surface area contributed by atoms with Crippen LogP contribution in [0.1, 0.15) is 0 Å². The Morgan fingerprint density at radius 2 is 1.97 bits per heavy atom. The van der Waals surface area contributed by atoms with Crippen LogP contribution >= 0.6 is 0 Å². The number of rotatable bonds is 7. The molecule has 1 saturated heterocycles. The highest BCUT2D eigenvalue weighted by Crippen LogP contribution is 2.30. The van der Waals surface area contributed by atoms with E-state index in [1.165, 1.54) is 48.4 Å². The zero-order chi connectivity index (χ0) is 21.0. The Balaban J connectivity index is 1.50. The average Bonchev–Trinajstić information content (AvgIpc) is 2.66. The molecule has 0 atom stereocenters. The maximum absolute atomic E-state index is 13.5. The lowest BCUT2D eigenvalue weighted by molar-refractivity contribution is -0.384. The van der Waals surface area contributed by atoms with E-state index in [1.54, 1.807) is 6.07 Å². The van der Waals surface area contributed by atoms with Crippen molar-refractivity contribution in [3.63, 3.8) is 0 Å². The van der Waals surface area contributed by atoms with Gasteiger partial charge in [-0.3, -0.25) is 19.7 Å². The number of para-hydroxylation sites is 1. The fourth-order valence-corrected chi connectivity index (χ4v) is 2.77. The number of nitrogens with zero attached hydrogens (tertiary/aromatic N) is 2. The molecular formula is C19H18FN3O6. The Morgan fingerprint density at radius 1 is 1.24 bits per heavy atom. The van der Waals surface area contributed by atoms with Crippen molar-refractivity contribution < 1.29 is 28.4 Å². The molecule has 1 fully saturated rings. The second kappa shape index (κ2) is 8.55. The molecule has 0 radical (unpaired) electrons. The van der Waals surface area contributed by atoms with Gasteiger partial charge in [0, 0.05) is 19.2 Å². The smallest absolute Gasteiger partial charge is 0.273 e. The van der Waals surface area contributed by atoms with Crippen molar-refractivity contribution in [1.82, 2.24) is 4.90 Å². The number of nitrogens with one attached hydrogen (secondary N) is 1. The van der Waals surface area contributed by atoms with Gasteiger partial charge in [0.05, 0.1) is 29.7 Å². The maximum Gasteiger partial charge on any atom is 0.273 e. The number of likely N-dealkylation sites (tertiary alicyclic amines) is 1. The number of amides is 2. The Morgan fingerprint density at radius 3 is 2.62 bits per heavy atom. The Bertz CT molecular complexity index is 945. The molecule has 0 aliphatic carbocycles. The molecule has 152 valence electrons. The molecular weight excluding hydrogens is 385 g/mol. The minimum atomic E-state index is -0.563. The third-order valence-corrected chi connectivity index (χ3v) is 4.45. The van der Waals surface area contributed by atoms with Gasteiger partial charge in [-0.2, -0.15) is 0 Å². The summed E-state index contributed by atoms with van der Waals surface area (Å²) in [5.74, 6) is -1.54. The van der Waals surface area contributed by atoms with Crippen LogP contribution in [0.15, 0.2) is 42.5 Å². The van der Waals surface area contributed by atoms with E-state index >= 15 is 0 Å². The summed E-state index contributed by atoms with van der Waals surface area (Å²) in [7, 11) is 1.34. The van der Waals surface area contributed by atoms with Gasteiger partial charge in [0.2, 0.25) is 5.91 Å². The predicted molar refractivity (Wildman–Crippen MR) is 100 cm³/mol. The lowest BCUT2D eigenvalue weighted by Crippen LogP contribution is -2.55. The van der Waals surface area contributed by atoms with Crippen LogP contribution in [0.25, 0.3) is 0 Å². The van der Waals surface area contributed by atoms with Gasteiger partial charge >= 0.3 is 0 Å². The topological polar surface area (TPSA) is 111 Å². The minimum absolute atomic E-state index is 0.0130. The first-order valence-corrected chi connectivity index (χ1v) is 8.67. The van der Waals surface area contributed by atoms with E-state index in [0.29, 0.717) is 5.69 Å². The molecule has 1 aliphatic heterocycles. The van der Waals surface area contributed by atoms with E-state index in [1.807, 2.05) is 0 Å². The van der Waals surface area contributed by atoms with Gasteiger partial charge in [-0.25, -0.2) is 4.39 Å². The Hall–Kier alpha value is -3.69. The molecule has 2 aromatic carbocycles.